The van der Waals surface area contributed by atoms with Crippen LogP contribution >= 0.6 is 0 Å². The molecule has 1 N–H and O–H groups in total. The average Bonchev–Trinajstić information content (AvgIpc) is 2.98. The summed E-state index contributed by atoms with van der Waals surface area (Å²) >= 11 is 0. The van der Waals surface area contributed by atoms with E-state index in [1.165, 1.54) is 36.1 Å². The van der Waals surface area contributed by atoms with Crippen molar-refractivity contribution in [3.8, 4) is 6.07 Å². The molecule has 10 nitrogen and oxygen atoms in total. The van der Waals surface area contributed by atoms with Crippen molar-refractivity contribution in [3.63, 3.8) is 0 Å². The minimum Gasteiger partial charge on any atom is -0.319 e. The third-order valence-corrected chi connectivity index (χ3v) is 5.04. The number of urea groups is 1. The summed E-state index contributed by atoms with van der Waals surface area (Å²) in [5.74, 6) is -1.16. The van der Waals surface area contributed by atoms with Gasteiger partial charge < -0.3 is 10.2 Å². The van der Waals surface area contributed by atoms with Gasteiger partial charge in [-0.2, -0.15) is 5.26 Å². The van der Waals surface area contributed by atoms with Gasteiger partial charge in [-0.05, 0) is 36.8 Å². The summed E-state index contributed by atoms with van der Waals surface area (Å²) in [6.45, 7) is 1.08. The summed E-state index contributed by atoms with van der Waals surface area (Å²) in [5.41, 5.74) is -0.702. The molecule has 2 aromatic rings. The number of imide groups is 1. The first-order valence-electron chi connectivity index (χ1n) is 9.39. The van der Waals surface area contributed by atoms with Crippen molar-refractivity contribution in [1.82, 2.24) is 10.2 Å². The molecule has 0 aromatic heterocycles. The first-order chi connectivity index (χ1) is 14.8. The van der Waals surface area contributed by atoms with Crippen LogP contribution in [0.25, 0.3) is 0 Å². The molecule has 1 atom stereocenters. The smallest absolute Gasteiger partial charge is 0.319 e. The molecule has 1 aliphatic heterocycles. The Balaban J connectivity index is 1.82. The Labute approximate surface area is 177 Å². The van der Waals surface area contributed by atoms with Crippen LogP contribution in [-0.2, 0) is 15.1 Å². The lowest BCUT2D eigenvalue weighted by Crippen LogP contribution is -2.45. The number of hydrogen-bond donors (Lipinski definition) is 1. The number of anilines is 1. The number of nitro groups is 1. The zero-order valence-electron chi connectivity index (χ0n) is 16.6. The monoisotopic (exact) mass is 421 g/mol. The van der Waals surface area contributed by atoms with Gasteiger partial charge in [-0.15, -0.1) is 0 Å². The van der Waals surface area contributed by atoms with Gasteiger partial charge in [0.25, 0.3) is 11.6 Å². The van der Waals surface area contributed by atoms with Gasteiger partial charge in [0.05, 0.1) is 17.4 Å². The minimum absolute atomic E-state index is 0.0846. The Bertz CT molecular complexity index is 1060. The largest absolute Gasteiger partial charge is 0.325 e. The second kappa shape index (κ2) is 8.62. The minimum atomic E-state index is -1.46. The van der Waals surface area contributed by atoms with Crippen molar-refractivity contribution >= 4 is 29.2 Å². The molecular weight excluding hydrogens is 402 g/mol. The topological polar surface area (TPSA) is 137 Å². The molecule has 31 heavy (non-hydrogen) atoms. The first kappa shape index (κ1) is 21.4. The van der Waals surface area contributed by atoms with Crippen LogP contribution in [-0.4, -0.2) is 40.8 Å². The number of benzene rings is 2. The molecule has 1 saturated heterocycles. The molecule has 4 amide bonds. The molecule has 1 fully saturated rings. The predicted octanol–water partition coefficient (Wildman–Crippen LogP) is 2.31. The molecule has 0 saturated carbocycles. The molecule has 0 spiro atoms. The fourth-order valence-electron chi connectivity index (χ4n) is 3.34. The van der Waals surface area contributed by atoms with E-state index in [1.807, 2.05) is 6.07 Å². The van der Waals surface area contributed by atoms with Crippen molar-refractivity contribution in [1.29, 1.82) is 5.26 Å². The van der Waals surface area contributed by atoms with Gasteiger partial charge in [-0.25, -0.2) is 4.79 Å². The number of nitriles is 1. The highest BCUT2D eigenvalue weighted by Crippen LogP contribution is 2.30. The summed E-state index contributed by atoms with van der Waals surface area (Å²) in [6, 6.07) is 15.2. The van der Waals surface area contributed by atoms with Crippen LogP contribution < -0.4 is 10.2 Å². The van der Waals surface area contributed by atoms with Gasteiger partial charge in [-0.1, -0.05) is 18.2 Å². The van der Waals surface area contributed by atoms with E-state index >= 15 is 0 Å². The highest BCUT2D eigenvalue weighted by atomic mass is 16.6. The highest BCUT2D eigenvalue weighted by molar-refractivity contribution is 6.10. The SMILES string of the molecule is CC1(c2ccc([N+](=O)[O-])cc2)NC(=O)N(CC(=O)N(CCC#N)c2ccccc2)C1=O. The summed E-state index contributed by atoms with van der Waals surface area (Å²) in [4.78, 5) is 51.0. The quantitative estimate of drug-likeness (QED) is 0.414. The maximum atomic E-state index is 13.1. The highest BCUT2D eigenvalue weighted by Gasteiger charge is 2.49. The lowest BCUT2D eigenvalue weighted by Gasteiger charge is -2.25. The molecule has 1 heterocycles. The average molecular weight is 421 g/mol. The maximum Gasteiger partial charge on any atom is 0.325 e. The van der Waals surface area contributed by atoms with Crippen LogP contribution in [0, 0.1) is 21.4 Å². The zero-order valence-corrected chi connectivity index (χ0v) is 16.6. The molecule has 0 radical (unpaired) electrons. The fraction of sp³-hybridized carbons (Fsp3) is 0.238. The van der Waals surface area contributed by atoms with Gasteiger partial charge in [0, 0.05) is 24.4 Å². The Hall–Kier alpha value is -4.26. The number of nitro benzene ring substituents is 1. The van der Waals surface area contributed by atoms with E-state index in [1.54, 1.807) is 30.3 Å². The lowest BCUT2D eigenvalue weighted by molar-refractivity contribution is -0.384. The van der Waals surface area contributed by atoms with Crippen molar-refractivity contribution in [2.75, 3.05) is 18.0 Å². The number of rotatable bonds is 7. The van der Waals surface area contributed by atoms with Gasteiger partial charge in [0.15, 0.2) is 0 Å². The van der Waals surface area contributed by atoms with Crippen molar-refractivity contribution in [2.24, 2.45) is 0 Å². The van der Waals surface area contributed by atoms with Crippen LogP contribution in [0.15, 0.2) is 54.6 Å². The number of para-hydroxylation sites is 1. The molecule has 1 aliphatic rings. The third-order valence-electron chi connectivity index (χ3n) is 5.04. The first-order valence-corrected chi connectivity index (χ1v) is 9.39. The number of amides is 4. The number of carbonyl (C=O) groups is 3. The van der Waals surface area contributed by atoms with E-state index in [9.17, 15) is 24.5 Å². The van der Waals surface area contributed by atoms with Gasteiger partial charge in [0.1, 0.15) is 12.1 Å². The molecule has 2 aromatic carbocycles. The summed E-state index contributed by atoms with van der Waals surface area (Å²) in [5, 5.41) is 22.3. The Morgan fingerprint density at radius 1 is 1.19 bits per heavy atom. The van der Waals surface area contributed by atoms with E-state index in [2.05, 4.69) is 5.32 Å². The normalized spacial score (nSPS) is 17.7. The number of hydrogen-bond acceptors (Lipinski definition) is 6. The van der Waals surface area contributed by atoms with E-state index in [-0.39, 0.29) is 18.7 Å². The summed E-state index contributed by atoms with van der Waals surface area (Å²) in [6.07, 6.45) is 0.0846. The number of carbonyl (C=O) groups excluding carboxylic acids is 3. The third kappa shape index (κ3) is 4.20. The van der Waals surface area contributed by atoms with Gasteiger partial charge in [0.2, 0.25) is 5.91 Å². The standard InChI is InChI=1S/C21H19N5O5/c1-21(15-8-10-17(11-9-15)26(30)31)19(28)25(20(29)23-21)14-18(27)24(13-5-12-22)16-6-3-2-4-7-16/h2-4,6-11H,5,13-14H2,1H3,(H,23,29). The van der Waals surface area contributed by atoms with Crippen molar-refractivity contribution in [2.45, 2.75) is 18.9 Å². The van der Waals surface area contributed by atoms with Crippen LogP contribution in [0.1, 0.15) is 18.9 Å². The number of nitrogens with one attached hydrogen (secondary N) is 1. The Morgan fingerprint density at radius 2 is 1.84 bits per heavy atom. The van der Waals surface area contributed by atoms with Crippen LogP contribution in [0.3, 0.4) is 0 Å². The zero-order chi connectivity index (χ0) is 22.6. The molecular formula is C21H19N5O5. The summed E-state index contributed by atoms with van der Waals surface area (Å²) < 4.78 is 0. The second-order valence-electron chi connectivity index (χ2n) is 7.04. The van der Waals surface area contributed by atoms with Crippen molar-refractivity contribution < 1.29 is 19.3 Å². The van der Waals surface area contributed by atoms with Crippen LogP contribution in [0.4, 0.5) is 16.2 Å². The molecule has 158 valence electrons. The van der Waals surface area contributed by atoms with E-state index in [4.69, 9.17) is 5.26 Å². The van der Waals surface area contributed by atoms with E-state index < -0.39 is 34.9 Å². The van der Waals surface area contributed by atoms with E-state index in [0.717, 1.165) is 4.90 Å². The van der Waals surface area contributed by atoms with E-state index in [0.29, 0.717) is 11.3 Å². The molecule has 1 unspecified atom stereocenters. The van der Waals surface area contributed by atoms with Crippen LogP contribution in [0.5, 0.6) is 0 Å². The fourth-order valence-corrected chi connectivity index (χ4v) is 3.34. The van der Waals surface area contributed by atoms with Crippen molar-refractivity contribution in [3.05, 3.63) is 70.3 Å². The lowest BCUT2D eigenvalue weighted by atomic mass is 9.92. The second-order valence-corrected chi connectivity index (χ2v) is 7.04. The molecule has 0 bridgehead atoms. The maximum absolute atomic E-state index is 13.1. The predicted molar refractivity (Wildman–Crippen MR) is 110 cm³/mol. The molecule has 0 aliphatic carbocycles. The Morgan fingerprint density at radius 3 is 2.42 bits per heavy atom. The molecule has 10 heteroatoms. The Kier molecular flexibility index (Phi) is 5.97. The number of non-ortho nitro benzene ring substituents is 1. The number of nitrogens with zero attached hydrogens (tertiary/aromatic N) is 4. The summed E-state index contributed by atoms with van der Waals surface area (Å²) in [7, 11) is 0. The van der Waals surface area contributed by atoms with Gasteiger partial charge in [-0.3, -0.25) is 24.6 Å². The van der Waals surface area contributed by atoms with Gasteiger partial charge >= 0.3 is 6.03 Å². The molecule has 3 rings (SSSR count). The van der Waals surface area contributed by atoms with Crippen LogP contribution in [0.2, 0.25) is 0 Å².